The van der Waals surface area contributed by atoms with E-state index in [4.69, 9.17) is 4.74 Å². The van der Waals surface area contributed by atoms with Crippen LogP contribution in [-0.4, -0.2) is 47.4 Å². The van der Waals surface area contributed by atoms with Gasteiger partial charge in [-0.05, 0) is 12.8 Å². The first kappa shape index (κ1) is 12.9. The number of likely N-dealkylation sites (tertiary alicyclic amines) is 1. The average Bonchev–Trinajstić information content (AvgIpc) is 2.57. The summed E-state index contributed by atoms with van der Waals surface area (Å²) in [5, 5.41) is 9.24. The number of amides is 1. The molecule has 1 aliphatic carbocycles. The highest BCUT2D eigenvalue weighted by Crippen LogP contribution is 2.51. The summed E-state index contributed by atoms with van der Waals surface area (Å²) in [5.41, 5.74) is -2.75. The first-order chi connectivity index (χ1) is 8.41. The Bertz CT molecular complexity index is 400. The molecule has 1 saturated heterocycles. The summed E-state index contributed by atoms with van der Waals surface area (Å²) in [6.45, 7) is 3.38. The molecule has 0 aromatic carbocycles. The highest BCUT2D eigenvalue weighted by molar-refractivity contribution is 5.78. The van der Waals surface area contributed by atoms with Crippen molar-refractivity contribution in [3.63, 3.8) is 0 Å². The molecule has 0 aromatic heterocycles. The smallest absolute Gasteiger partial charge is 0.410 e. The minimum atomic E-state index is -1.59. The lowest BCUT2D eigenvalue weighted by Crippen LogP contribution is -2.54. The Kier molecular flexibility index (Phi) is 3.04. The number of carboxylic acid groups (broad SMARTS) is 1. The summed E-state index contributed by atoms with van der Waals surface area (Å²) < 4.78 is 19.2. The van der Waals surface area contributed by atoms with Gasteiger partial charge in [0, 0.05) is 13.0 Å². The molecular weight excluding hydrogens is 241 g/mol. The van der Waals surface area contributed by atoms with Gasteiger partial charge in [0.2, 0.25) is 0 Å². The van der Waals surface area contributed by atoms with Crippen LogP contribution in [0.2, 0.25) is 0 Å². The van der Waals surface area contributed by atoms with Gasteiger partial charge < -0.3 is 14.7 Å². The molecular formula is C12H16FNO4. The third kappa shape index (κ3) is 2.07. The van der Waals surface area contributed by atoms with E-state index in [-0.39, 0.29) is 39.0 Å². The molecule has 5 nitrogen and oxygen atoms in total. The van der Waals surface area contributed by atoms with E-state index >= 15 is 0 Å². The van der Waals surface area contributed by atoms with Crippen molar-refractivity contribution in [2.45, 2.75) is 24.9 Å². The van der Waals surface area contributed by atoms with Crippen molar-refractivity contribution < 1.29 is 23.8 Å². The average molecular weight is 257 g/mol. The van der Waals surface area contributed by atoms with Crippen LogP contribution in [0.15, 0.2) is 12.7 Å². The van der Waals surface area contributed by atoms with Crippen LogP contribution >= 0.6 is 0 Å². The Balaban J connectivity index is 2.14. The standard InChI is InChI=1S/C12H16FNO4/c1-2-5-18-10(17)14-7-11(9(15)16)3-4-12(13,6-11)8-14/h2H,1,3-8H2,(H,15,16). The fraction of sp³-hybridized carbons (Fsp3) is 0.667. The van der Waals surface area contributed by atoms with Gasteiger partial charge in [-0.1, -0.05) is 12.7 Å². The maximum atomic E-state index is 14.3. The zero-order valence-electron chi connectivity index (χ0n) is 10.0. The maximum Gasteiger partial charge on any atom is 0.410 e. The zero-order chi connectivity index (χ0) is 13.4. The monoisotopic (exact) mass is 257 g/mol. The number of carbonyl (C=O) groups is 2. The molecule has 1 N–H and O–H groups in total. The van der Waals surface area contributed by atoms with Gasteiger partial charge in [0.15, 0.2) is 0 Å². The summed E-state index contributed by atoms with van der Waals surface area (Å²) in [6.07, 6.45) is 1.17. The predicted octanol–water partition coefficient (Wildman–Crippen LogP) is 1.59. The summed E-state index contributed by atoms with van der Waals surface area (Å²) in [5.74, 6) is -1.04. The largest absolute Gasteiger partial charge is 0.481 e. The molecule has 18 heavy (non-hydrogen) atoms. The minimum Gasteiger partial charge on any atom is -0.481 e. The Morgan fingerprint density at radius 1 is 1.44 bits per heavy atom. The molecule has 2 fully saturated rings. The van der Waals surface area contributed by atoms with E-state index in [1.807, 2.05) is 0 Å². The van der Waals surface area contributed by atoms with Crippen LogP contribution in [0.5, 0.6) is 0 Å². The molecule has 0 spiro atoms. The summed E-state index contributed by atoms with van der Waals surface area (Å²) in [6, 6.07) is 0. The number of halogens is 1. The Morgan fingerprint density at radius 3 is 2.78 bits per heavy atom. The van der Waals surface area contributed by atoms with Gasteiger partial charge in [0.25, 0.3) is 0 Å². The van der Waals surface area contributed by atoms with Gasteiger partial charge in [-0.25, -0.2) is 9.18 Å². The molecule has 0 radical (unpaired) electrons. The third-order valence-corrected chi connectivity index (χ3v) is 3.71. The Labute approximate surface area is 104 Å². The van der Waals surface area contributed by atoms with E-state index < -0.39 is 23.1 Å². The van der Waals surface area contributed by atoms with Gasteiger partial charge in [0.1, 0.15) is 12.3 Å². The van der Waals surface area contributed by atoms with Crippen molar-refractivity contribution in [3.05, 3.63) is 12.7 Å². The number of hydrogen-bond acceptors (Lipinski definition) is 3. The number of carboxylic acids is 1. The number of hydrogen-bond donors (Lipinski definition) is 1. The second-order valence-electron chi connectivity index (χ2n) is 5.13. The second-order valence-corrected chi connectivity index (χ2v) is 5.13. The topological polar surface area (TPSA) is 66.8 Å². The van der Waals surface area contributed by atoms with Gasteiger partial charge in [0.05, 0.1) is 12.0 Å². The van der Waals surface area contributed by atoms with E-state index in [2.05, 4.69) is 6.58 Å². The second kappa shape index (κ2) is 4.26. The van der Waals surface area contributed by atoms with Crippen molar-refractivity contribution >= 4 is 12.1 Å². The first-order valence-electron chi connectivity index (χ1n) is 5.86. The SMILES string of the molecule is C=CCOC(=O)N1CC2(F)CCC(C(=O)O)(C1)C2. The van der Waals surface area contributed by atoms with Gasteiger partial charge in [-0.3, -0.25) is 4.79 Å². The lowest BCUT2D eigenvalue weighted by molar-refractivity contribution is -0.152. The van der Waals surface area contributed by atoms with Crippen LogP contribution in [0.4, 0.5) is 9.18 Å². The van der Waals surface area contributed by atoms with Crippen LogP contribution < -0.4 is 0 Å². The third-order valence-electron chi connectivity index (χ3n) is 3.71. The first-order valence-corrected chi connectivity index (χ1v) is 5.86. The molecule has 2 aliphatic rings. The van der Waals surface area contributed by atoms with Crippen molar-refractivity contribution in [2.24, 2.45) is 5.41 Å². The quantitative estimate of drug-likeness (QED) is 0.780. The van der Waals surface area contributed by atoms with Crippen molar-refractivity contribution in [3.8, 4) is 0 Å². The summed E-state index contributed by atoms with van der Waals surface area (Å²) >= 11 is 0. The lowest BCUT2D eigenvalue weighted by atomic mass is 9.81. The molecule has 2 bridgehead atoms. The van der Waals surface area contributed by atoms with Crippen molar-refractivity contribution in [1.82, 2.24) is 4.90 Å². The van der Waals surface area contributed by atoms with E-state index in [1.165, 1.54) is 6.08 Å². The predicted molar refractivity (Wildman–Crippen MR) is 60.9 cm³/mol. The molecule has 2 rings (SSSR count). The Hall–Kier alpha value is -1.59. The van der Waals surface area contributed by atoms with E-state index in [9.17, 15) is 19.1 Å². The van der Waals surface area contributed by atoms with Gasteiger partial charge in [-0.15, -0.1) is 0 Å². The number of ether oxygens (including phenoxy) is 1. The number of alkyl halides is 1. The molecule has 1 amide bonds. The van der Waals surface area contributed by atoms with E-state index in [1.54, 1.807) is 0 Å². The summed E-state index contributed by atoms with van der Waals surface area (Å²) in [7, 11) is 0. The number of aliphatic carboxylic acids is 1. The summed E-state index contributed by atoms with van der Waals surface area (Å²) in [4.78, 5) is 24.1. The van der Waals surface area contributed by atoms with Crippen LogP contribution in [0.3, 0.4) is 0 Å². The van der Waals surface area contributed by atoms with Crippen molar-refractivity contribution in [2.75, 3.05) is 19.7 Å². The number of fused-ring (bicyclic) bond motifs is 2. The molecule has 100 valence electrons. The number of nitrogens with zero attached hydrogens (tertiary/aromatic N) is 1. The highest BCUT2D eigenvalue weighted by atomic mass is 19.1. The van der Waals surface area contributed by atoms with Crippen LogP contribution in [0, 0.1) is 5.41 Å². The molecule has 1 saturated carbocycles. The number of rotatable bonds is 3. The molecule has 2 unspecified atom stereocenters. The molecule has 2 atom stereocenters. The molecule has 0 aromatic rings. The molecule has 1 heterocycles. The van der Waals surface area contributed by atoms with E-state index in [0.29, 0.717) is 0 Å². The fourth-order valence-corrected chi connectivity index (χ4v) is 2.88. The van der Waals surface area contributed by atoms with Crippen LogP contribution in [-0.2, 0) is 9.53 Å². The molecule has 6 heteroatoms. The number of piperidine rings is 1. The normalized spacial score (nSPS) is 34.2. The number of carbonyl (C=O) groups excluding carboxylic acids is 1. The van der Waals surface area contributed by atoms with Crippen molar-refractivity contribution in [1.29, 1.82) is 0 Å². The molecule has 1 aliphatic heterocycles. The Morgan fingerprint density at radius 2 is 2.17 bits per heavy atom. The maximum absolute atomic E-state index is 14.3. The highest BCUT2D eigenvalue weighted by Gasteiger charge is 2.59. The van der Waals surface area contributed by atoms with E-state index in [0.717, 1.165) is 4.90 Å². The van der Waals surface area contributed by atoms with Crippen LogP contribution in [0.25, 0.3) is 0 Å². The van der Waals surface area contributed by atoms with Gasteiger partial charge in [-0.2, -0.15) is 0 Å². The lowest BCUT2D eigenvalue weighted by Gasteiger charge is -2.39. The fourth-order valence-electron chi connectivity index (χ4n) is 2.88. The van der Waals surface area contributed by atoms with Gasteiger partial charge >= 0.3 is 12.1 Å². The minimum absolute atomic E-state index is 0.0133. The zero-order valence-corrected chi connectivity index (χ0v) is 10.0. The van der Waals surface area contributed by atoms with Crippen LogP contribution in [0.1, 0.15) is 19.3 Å².